The number of hydrogen-bond donors (Lipinski definition) is 1. The van der Waals surface area contributed by atoms with E-state index in [2.05, 4.69) is 4.72 Å². The Morgan fingerprint density at radius 2 is 1.83 bits per heavy atom. The van der Waals surface area contributed by atoms with E-state index in [1.807, 2.05) is 0 Å². The van der Waals surface area contributed by atoms with E-state index in [9.17, 15) is 8.42 Å². The molecule has 1 rings (SSSR count). The molecule has 0 heterocycles. The monoisotopic (exact) mass is 211 g/mol. The van der Waals surface area contributed by atoms with Crippen molar-refractivity contribution in [3.63, 3.8) is 0 Å². The molecule has 0 bridgehead atoms. The van der Waals surface area contributed by atoms with E-state index in [1.54, 1.807) is 0 Å². The molecule has 1 saturated carbocycles. The van der Waals surface area contributed by atoms with Crippen molar-refractivity contribution in [1.82, 2.24) is 4.72 Å². The molecule has 1 aliphatic carbocycles. The van der Waals surface area contributed by atoms with Crippen molar-refractivity contribution < 1.29 is 8.42 Å². The minimum Gasteiger partial charge on any atom is -0.211 e. The van der Waals surface area contributed by atoms with Crippen LogP contribution in [0.4, 0.5) is 0 Å². The van der Waals surface area contributed by atoms with Crippen LogP contribution in [0.15, 0.2) is 0 Å². The lowest BCUT2D eigenvalue weighted by atomic mass is 9.96. The van der Waals surface area contributed by atoms with E-state index in [1.165, 1.54) is 6.42 Å². The molecule has 0 unspecified atom stereocenters. The first-order valence-corrected chi connectivity index (χ1v) is 6.39. The van der Waals surface area contributed by atoms with Gasteiger partial charge in [0.15, 0.2) is 0 Å². The predicted octanol–water partition coefficient (Wildman–Crippen LogP) is 1.43. The summed E-state index contributed by atoms with van der Waals surface area (Å²) < 4.78 is 24.6. The highest BCUT2D eigenvalue weighted by Crippen LogP contribution is 2.18. The number of nitrogens with one attached hydrogen (secondary N) is 1. The van der Waals surface area contributed by atoms with Crippen molar-refractivity contribution >= 4 is 21.6 Å². The first kappa shape index (κ1) is 10.3. The summed E-state index contributed by atoms with van der Waals surface area (Å²) in [5.41, 5.74) is 0. The molecule has 5 heteroatoms. The molecular weight excluding hydrogens is 198 g/mol. The van der Waals surface area contributed by atoms with E-state index < -0.39 is 10.0 Å². The molecule has 0 aromatic carbocycles. The van der Waals surface area contributed by atoms with Gasteiger partial charge in [0.25, 0.3) is 0 Å². The van der Waals surface area contributed by atoms with Gasteiger partial charge in [0.05, 0.1) is 0 Å². The van der Waals surface area contributed by atoms with Crippen LogP contribution < -0.4 is 4.72 Å². The third-order valence-corrected chi connectivity index (χ3v) is 3.94. The van der Waals surface area contributed by atoms with Crippen LogP contribution >= 0.6 is 11.6 Å². The molecule has 3 nitrogen and oxygen atoms in total. The Bertz CT molecular complexity index is 222. The molecule has 0 aromatic heterocycles. The second-order valence-electron chi connectivity index (χ2n) is 3.18. The lowest BCUT2D eigenvalue weighted by Gasteiger charge is -2.21. The van der Waals surface area contributed by atoms with Crippen molar-refractivity contribution in [2.24, 2.45) is 0 Å². The second kappa shape index (κ2) is 4.44. The zero-order valence-corrected chi connectivity index (χ0v) is 8.50. The van der Waals surface area contributed by atoms with Gasteiger partial charge < -0.3 is 0 Å². The Morgan fingerprint density at radius 3 is 2.33 bits per heavy atom. The third-order valence-electron chi connectivity index (χ3n) is 2.10. The maximum atomic E-state index is 11.0. The van der Waals surface area contributed by atoms with Gasteiger partial charge in [-0.2, -0.15) is 0 Å². The van der Waals surface area contributed by atoms with Crippen LogP contribution in [0.1, 0.15) is 32.1 Å². The molecule has 0 spiro atoms. The van der Waals surface area contributed by atoms with Gasteiger partial charge in [-0.15, -0.1) is 11.6 Å². The van der Waals surface area contributed by atoms with Crippen LogP contribution in [0.25, 0.3) is 0 Å². The summed E-state index contributed by atoms with van der Waals surface area (Å²) in [5, 5.41) is -0.330. The Labute approximate surface area is 78.5 Å². The zero-order chi connectivity index (χ0) is 9.03. The van der Waals surface area contributed by atoms with E-state index in [4.69, 9.17) is 11.6 Å². The number of alkyl halides is 1. The fraction of sp³-hybridized carbons (Fsp3) is 1.00. The van der Waals surface area contributed by atoms with Gasteiger partial charge >= 0.3 is 0 Å². The van der Waals surface area contributed by atoms with Crippen LogP contribution in [0.5, 0.6) is 0 Å². The van der Waals surface area contributed by atoms with Crippen LogP contribution in [0, 0.1) is 0 Å². The Hall–Kier alpha value is 0.200. The van der Waals surface area contributed by atoms with Gasteiger partial charge in [-0.05, 0) is 12.8 Å². The van der Waals surface area contributed by atoms with Gasteiger partial charge in [-0.25, -0.2) is 13.1 Å². The largest absolute Gasteiger partial charge is 0.225 e. The highest BCUT2D eigenvalue weighted by molar-refractivity contribution is 7.90. The molecular formula is C7H14ClNO2S. The highest BCUT2D eigenvalue weighted by atomic mass is 35.5. The molecule has 0 amide bonds. The van der Waals surface area contributed by atoms with E-state index in [0.29, 0.717) is 0 Å². The van der Waals surface area contributed by atoms with Gasteiger partial charge in [0, 0.05) is 6.04 Å². The molecule has 0 atom stereocenters. The predicted molar refractivity (Wildman–Crippen MR) is 49.6 cm³/mol. The fourth-order valence-corrected chi connectivity index (χ4v) is 2.50. The van der Waals surface area contributed by atoms with Crippen LogP contribution in [0.2, 0.25) is 0 Å². The van der Waals surface area contributed by atoms with Gasteiger partial charge in [0.1, 0.15) is 5.21 Å². The summed E-state index contributed by atoms with van der Waals surface area (Å²) >= 11 is 5.26. The lowest BCUT2D eigenvalue weighted by molar-refractivity contribution is 0.413. The standard InChI is InChI=1S/C7H14ClNO2S/c8-6-12(10,11)9-7-4-2-1-3-5-7/h7,9H,1-6H2. The maximum absolute atomic E-state index is 11.0. The van der Waals surface area contributed by atoms with Gasteiger partial charge in [-0.3, -0.25) is 0 Å². The topological polar surface area (TPSA) is 46.2 Å². The summed E-state index contributed by atoms with van der Waals surface area (Å²) in [6.45, 7) is 0. The molecule has 1 N–H and O–H groups in total. The number of rotatable bonds is 3. The average Bonchev–Trinajstić information content (AvgIpc) is 2.06. The van der Waals surface area contributed by atoms with Crippen molar-refractivity contribution in [2.45, 2.75) is 38.1 Å². The van der Waals surface area contributed by atoms with Crippen LogP contribution in [0.3, 0.4) is 0 Å². The van der Waals surface area contributed by atoms with Gasteiger partial charge in [0.2, 0.25) is 10.0 Å². The minimum atomic E-state index is -3.20. The molecule has 0 saturated heterocycles. The van der Waals surface area contributed by atoms with E-state index in [0.717, 1.165) is 25.7 Å². The number of sulfonamides is 1. The maximum Gasteiger partial charge on any atom is 0.225 e. The average molecular weight is 212 g/mol. The van der Waals surface area contributed by atoms with Crippen LogP contribution in [-0.4, -0.2) is 19.7 Å². The SMILES string of the molecule is O=S(=O)(CCl)NC1CCCCC1. The summed E-state index contributed by atoms with van der Waals surface area (Å²) in [5.74, 6) is 0. The minimum absolute atomic E-state index is 0.127. The van der Waals surface area contributed by atoms with Crippen molar-refractivity contribution in [1.29, 1.82) is 0 Å². The summed E-state index contributed by atoms with van der Waals surface area (Å²) in [4.78, 5) is 0. The lowest BCUT2D eigenvalue weighted by Crippen LogP contribution is -2.36. The molecule has 0 aliphatic heterocycles. The molecule has 1 fully saturated rings. The summed E-state index contributed by atoms with van der Waals surface area (Å²) in [7, 11) is -3.20. The molecule has 0 radical (unpaired) electrons. The fourth-order valence-electron chi connectivity index (χ4n) is 1.51. The molecule has 12 heavy (non-hydrogen) atoms. The Kier molecular flexibility index (Phi) is 3.80. The zero-order valence-electron chi connectivity index (χ0n) is 6.92. The van der Waals surface area contributed by atoms with Crippen molar-refractivity contribution in [3.05, 3.63) is 0 Å². The Morgan fingerprint density at radius 1 is 1.25 bits per heavy atom. The van der Waals surface area contributed by atoms with E-state index in [-0.39, 0.29) is 11.3 Å². The second-order valence-corrected chi connectivity index (χ2v) is 5.51. The highest BCUT2D eigenvalue weighted by Gasteiger charge is 2.18. The van der Waals surface area contributed by atoms with E-state index >= 15 is 0 Å². The van der Waals surface area contributed by atoms with Crippen molar-refractivity contribution in [3.8, 4) is 0 Å². The smallest absolute Gasteiger partial charge is 0.211 e. The van der Waals surface area contributed by atoms with Gasteiger partial charge in [-0.1, -0.05) is 19.3 Å². The summed E-state index contributed by atoms with van der Waals surface area (Å²) in [6, 6.07) is 0.127. The molecule has 0 aromatic rings. The first-order valence-electron chi connectivity index (χ1n) is 4.20. The molecule has 1 aliphatic rings. The van der Waals surface area contributed by atoms with Crippen LogP contribution in [-0.2, 0) is 10.0 Å². The first-order chi connectivity index (χ1) is 5.64. The number of hydrogen-bond acceptors (Lipinski definition) is 2. The summed E-state index contributed by atoms with van der Waals surface area (Å²) in [6.07, 6.45) is 5.37. The van der Waals surface area contributed by atoms with Crippen molar-refractivity contribution in [2.75, 3.05) is 5.21 Å². The quantitative estimate of drug-likeness (QED) is 0.718. The third kappa shape index (κ3) is 3.29. The normalized spacial score (nSPS) is 21.1. The Balaban J connectivity index is 2.39. The number of halogens is 1. The molecule has 72 valence electrons.